The second-order valence-corrected chi connectivity index (χ2v) is 6.69. The maximum Gasteiger partial charge on any atom is 0.469 e. The highest BCUT2D eigenvalue weighted by atomic mass is 31.2. The molecule has 0 amide bonds. The maximum absolute atomic E-state index is 12.5. The molecule has 1 saturated heterocycles. The van der Waals surface area contributed by atoms with E-state index in [0.717, 1.165) is 4.57 Å². The van der Waals surface area contributed by atoms with Gasteiger partial charge in [-0.15, -0.1) is 0 Å². The van der Waals surface area contributed by atoms with Crippen molar-refractivity contribution in [1.82, 2.24) is 4.57 Å². The molecule has 0 saturated carbocycles. The molecule has 0 unspecified atom stereocenters. The molecule has 9 nitrogen and oxygen atoms in total. The number of hydrogen-bond acceptors (Lipinski definition) is 6. The van der Waals surface area contributed by atoms with Crippen LogP contribution in [0.3, 0.4) is 0 Å². The number of rotatable bonds is 4. The molecule has 10 heteroatoms. The molecular weight excluding hydrogens is 341 g/mol. The topological polar surface area (TPSA) is 138 Å². The van der Waals surface area contributed by atoms with Crippen molar-refractivity contribution in [2.45, 2.75) is 24.5 Å². The summed E-state index contributed by atoms with van der Waals surface area (Å²) in [7, 11) is -4.74. The molecule has 0 radical (unpaired) electrons. The Morgan fingerprint density at radius 1 is 1.17 bits per heavy atom. The number of aliphatic hydroxyl groups is 2. The van der Waals surface area contributed by atoms with E-state index in [9.17, 15) is 19.6 Å². The summed E-state index contributed by atoms with van der Waals surface area (Å²) < 4.78 is 21.6. The average Bonchev–Trinajstić information content (AvgIpc) is 2.81. The Bertz CT molecular complexity index is 846. The lowest BCUT2D eigenvalue weighted by molar-refractivity contribution is -0.0534. The zero-order valence-corrected chi connectivity index (χ0v) is 13.2. The summed E-state index contributed by atoms with van der Waals surface area (Å²) in [6, 6.07) is 8.54. The summed E-state index contributed by atoms with van der Waals surface area (Å²) in [6.07, 6.45) is -3.86. The first-order valence-corrected chi connectivity index (χ1v) is 8.62. The normalized spacial score (nSPS) is 27.7. The third kappa shape index (κ3) is 3.28. The molecule has 1 aliphatic heterocycles. The molecule has 24 heavy (non-hydrogen) atoms. The van der Waals surface area contributed by atoms with Crippen LogP contribution >= 0.6 is 7.82 Å². The van der Waals surface area contributed by atoms with Gasteiger partial charge >= 0.3 is 7.82 Å². The second kappa shape index (κ2) is 6.38. The zero-order valence-electron chi connectivity index (χ0n) is 12.3. The number of aromatic nitrogens is 1. The van der Waals surface area contributed by atoms with Crippen LogP contribution in [0.2, 0.25) is 0 Å². The van der Waals surface area contributed by atoms with E-state index in [-0.39, 0.29) is 0 Å². The largest absolute Gasteiger partial charge is 0.469 e. The Labute approximate surface area is 135 Å². The van der Waals surface area contributed by atoms with Crippen LogP contribution in [0.5, 0.6) is 0 Å². The van der Waals surface area contributed by atoms with Gasteiger partial charge in [-0.3, -0.25) is 13.9 Å². The fourth-order valence-corrected chi connectivity index (χ4v) is 3.01. The molecular formula is C14H16NO8P. The van der Waals surface area contributed by atoms with Gasteiger partial charge in [-0.25, -0.2) is 4.57 Å². The van der Waals surface area contributed by atoms with Crippen LogP contribution in [-0.4, -0.2) is 49.5 Å². The quantitative estimate of drug-likeness (QED) is 0.549. The number of pyridine rings is 1. The zero-order chi connectivity index (χ0) is 17.5. The van der Waals surface area contributed by atoms with E-state index < -0.39 is 44.5 Å². The van der Waals surface area contributed by atoms with Crippen LogP contribution in [0, 0.1) is 0 Å². The molecule has 1 aliphatic rings. The molecule has 4 atom stereocenters. The van der Waals surface area contributed by atoms with Gasteiger partial charge in [0.25, 0.3) is 5.56 Å². The first-order chi connectivity index (χ1) is 11.3. The van der Waals surface area contributed by atoms with E-state index in [2.05, 4.69) is 4.52 Å². The van der Waals surface area contributed by atoms with Crippen molar-refractivity contribution in [2.24, 2.45) is 0 Å². The summed E-state index contributed by atoms with van der Waals surface area (Å²) in [4.78, 5) is 29.9. The number of fused-ring (bicyclic) bond motifs is 1. The lowest BCUT2D eigenvalue weighted by Gasteiger charge is -2.18. The highest BCUT2D eigenvalue weighted by molar-refractivity contribution is 7.46. The second-order valence-electron chi connectivity index (χ2n) is 5.45. The van der Waals surface area contributed by atoms with Crippen LogP contribution < -0.4 is 5.56 Å². The average molecular weight is 357 g/mol. The van der Waals surface area contributed by atoms with Gasteiger partial charge in [-0.2, -0.15) is 0 Å². The predicted octanol–water partition coefficient (Wildman–Crippen LogP) is -0.270. The van der Waals surface area contributed by atoms with E-state index in [1.165, 1.54) is 6.20 Å². The molecule has 1 aromatic carbocycles. The fraction of sp³-hybridized carbons (Fsp3) is 0.357. The minimum Gasteiger partial charge on any atom is -0.387 e. The van der Waals surface area contributed by atoms with Crippen LogP contribution in [0.1, 0.15) is 6.23 Å². The van der Waals surface area contributed by atoms with Gasteiger partial charge in [0.15, 0.2) is 6.23 Å². The summed E-state index contributed by atoms with van der Waals surface area (Å²) in [5, 5.41) is 21.2. The van der Waals surface area contributed by atoms with Gasteiger partial charge in [0.05, 0.1) is 6.61 Å². The van der Waals surface area contributed by atoms with E-state index in [1.54, 1.807) is 30.3 Å². The first-order valence-electron chi connectivity index (χ1n) is 7.09. The smallest absolute Gasteiger partial charge is 0.387 e. The summed E-state index contributed by atoms with van der Waals surface area (Å²) >= 11 is 0. The Morgan fingerprint density at radius 2 is 1.88 bits per heavy atom. The predicted molar refractivity (Wildman–Crippen MR) is 82.1 cm³/mol. The van der Waals surface area contributed by atoms with E-state index >= 15 is 0 Å². The van der Waals surface area contributed by atoms with Gasteiger partial charge in [-0.1, -0.05) is 18.2 Å². The molecule has 2 heterocycles. The van der Waals surface area contributed by atoms with Crippen molar-refractivity contribution in [2.75, 3.05) is 6.61 Å². The summed E-state index contributed by atoms with van der Waals surface area (Å²) in [5.41, 5.74) is -0.416. The van der Waals surface area contributed by atoms with Crippen LogP contribution in [0.15, 0.2) is 41.3 Å². The van der Waals surface area contributed by atoms with Gasteiger partial charge < -0.3 is 24.7 Å². The maximum atomic E-state index is 12.5. The lowest BCUT2D eigenvalue weighted by atomic mass is 10.1. The Balaban J connectivity index is 1.89. The number of ether oxygens (including phenoxy) is 1. The molecule has 3 rings (SSSR count). The molecule has 4 N–H and O–H groups in total. The van der Waals surface area contributed by atoms with E-state index in [4.69, 9.17) is 14.5 Å². The monoisotopic (exact) mass is 357 g/mol. The Hall–Kier alpha value is -1.58. The third-order valence-electron chi connectivity index (χ3n) is 3.86. The van der Waals surface area contributed by atoms with Crippen molar-refractivity contribution in [1.29, 1.82) is 0 Å². The SMILES string of the molecule is O=c1c2ccccc2ccn1[C@@H]1O[C@H](COP(=O)(O)O)[C@H](O)[C@H]1O. The molecule has 1 aromatic heterocycles. The van der Waals surface area contributed by atoms with Gasteiger partial charge in [0.2, 0.25) is 0 Å². The molecule has 0 bridgehead atoms. The summed E-state index contributed by atoms with van der Waals surface area (Å²) in [6.45, 7) is -0.624. The van der Waals surface area contributed by atoms with Crippen molar-refractivity contribution in [3.8, 4) is 0 Å². The van der Waals surface area contributed by atoms with Crippen LogP contribution in [0.4, 0.5) is 0 Å². The number of nitrogens with zero attached hydrogens (tertiary/aromatic N) is 1. The number of benzene rings is 1. The highest BCUT2D eigenvalue weighted by Gasteiger charge is 2.44. The van der Waals surface area contributed by atoms with Crippen molar-refractivity contribution < 1.29 is 33.8 Å². The molecule has 0 spiro atoms. The minimum absolute atomic E-state index is 0.416. The lowest BCUT2D eigenvalue weighted by Crippen LogP contribution is -2.35. The number of aliphatic hydroxyl groups excluding tert-OH is 2. The van der Waals surface area contributed by atoms with Gasteiger partial charge in [-0.05, 0) is 17.5 Å². The molecule has 2 aromatic rings. The first kappa shape index (κ1) is 17.2. The number of hydrogen-bond donors (Lipinski definition) is 4. The number of phosphoric acid groups is 1. The van der Waals surface area contributed by atoms with Crippen molar-refractivity contribution in [3.63, 3.8) is 0 Å². The fourth-order valence-electron chi connectivity index (χ4n) is 2.67. The Kier molecular flexibility index (Phi) is 4.58. The van der Waals surface area contributed by atoms with Crippen LogP contribution in [-0.2, 0) is 13.8 Å². The minimum atomic E-state index is -4.74. The van der Waals surface area contributed by atoms with Crippen LogP contribution in [0.25, 0.3) is 10.8 Å². The molecule has 1 fully saturated rings. The number of phosphoric ester groups is 1. The van der Waals surface area contributed by atoms with Gasteiger partial charge in [0.1, 0.15) is 18.3 Å². The van der Waals surface area contributed by atoms with E-state index in [0.29, 0.717) is 10.8 Å². The molecule has 0 aliphatic carbocycles. The standard InChI is InChI=1S/C14H16NO8P/c16-11-10(7-22-24(19,20)21)23-14(12(11)17)15-6-5-8-3-1-2-4-9(8)13(15)18/h1-6,10-12,14,16-17H,7H2,(H2,19,20,21)/t10-,11+,12-,14-/m1/s1. The van der Waals surface area contributed by atoms with Crippen molar-refractivity contribution >= 4 is 18.6 Å². The summed E-state index contributed by atoms with van der Waals surface area (Å²) in [5.74, 6) is 0. The highest BCUT2D eigenvalue weighted by Crippen LogP contribution is 2.38. The van der Waals surface area contributed by atoms with Crippen molar-refractivity contribution in [3.05, 3.63) is 46.9 Å². The third-order valence-corrected chi connectivity index (χ3v) is 4.34. The Morgan fingerprint density at radius 3 is 2.58 bits per heavy atom. The van der Waals surface area contributed by atoms with Gasteiger partial charge in [0, 0.05) is 11.6 Å². The molecule has 130 valence electrons. The van der Waals surface area contributed by atoms with E-state index in [1.807, 2.05) is 0 Å².